The van der Waals surface area contributed by atoms with Crippen molar-refractivity contribution in [3.05, 3.63) is 40.5 Å². The normalized spacial score (nSPS) is 10.7. The SMILES string of the molecule is Cn1cc(C#N)c(NS(=O)(=O)c2ccc(C#N)cc2Cl)n1. The molecule has 1 aromatic carbocycles. The molecule has 0 atom stereocenters. The minimum Gasteiger partial charge on any atom is -0.272 e. The summed E-state index contributed by atoms with van der Waals surface area (Å²) >= 11 is 5.88. The van der Waals surface area contributed by atoms with Crippen LogP contribution in [0.1, 0.15) is 11.1 Å². The minimum atomic E-state index is -4.01. The molecule has 21 heavy (non-hydrogen) atoms. The van der Waals surface area contributed by atoms with Gasteiger partial charge in [0.15, 0.2) is 5.82 Å². The second kappa shape index (κ2) is 5.44. The van der Waals surface area contributed by atoms with Gasteiger partial charge in [0.1, 0.15) is 16.5 Å². The molecule has 0 spiro atoms. The van der Waals surface area contributed by atoms with E-state index in [1.165, 1.54) is 29.1 Å². The standard InChI is InChI=1S/C12H8ClN5O2S/c1-18-7-9(6-15)12(16-18)17-21(19,20)11-3-2-8(5-14)4-10(11)13/h2-4,7H,1H3,(H,16,17). The van der Waals surface area contributed by atoms with E-state index in [2.05, 4.69) is 9.82 Å². The van der Waals surface area contributed by atoms with Gasteiger partial charge >= 0.3 is 0 Å². The number of halogens is 1. The van der Waals surface area contributed by atoms with Crippen LogP contribution in [0.4, 0.5) is 5.82 Å². The van der Waals surface area contributed by atoms with E-state index >= 15 is 0 Å². The maximum atomic E-state index is 12.3. The average Bonchev–Trinajstić information content (AvgIpc) is 2.77. The summed E-state index contributed by atoms with van der Waals surface area (Å²) in [5.41, 5.74) is 0.334. The lowest BCUT2D eigenvalue weighted by Gasteiger charge is -2.07. The second-order valence-corrected chi connectivity index (χ2v) is 6.10. The van der Waals surface area contributed by atoms with Crippen LogP contribution in [0.2, 0.25) is 5.02 Å². The first kappa shape index (κ1) is 14.9. The Bertz CT molecular complexity index is 889. The average molecular weight is 322 g/mol. The molecule has 0 aliphatic carbocycles. The van der Waals surface area contributed by atoms with Crippen molar-refractivity contribution in [3.8, 4) is 12.1 Å². The third kappa shape index (κ3) is 2.97. The van der Waals surface area contributed by atoms with E-state index in [9.17, 15) is 8.42 Å². The Morgan fingerprint density at radius 2 is 2.05 bits per heavy atom. The highest BCUT2D eigenvalue weighted by molar-refractivity contribution is 7.92. The van der Waals surface area contributed by atoms with E-state index in [4.69, 9.17) is 22.1 Å². The second-order valence-electron chi connectivity index (χ2n) is 4.04. The number of sulfonamides is 1. The van der Waals surface area contributed by atoms with Gasteiger partial charge in [0.2, 0.25) is 0 Å². The van der Waals surface area contributed by atoms with Crippen molar-refractivity contribution >= 4 is 27.4 Å². The van der Waals surface area contributed by atoms with Crippen LogP contribution in [0.3, 0.4) is 0 Å². The smallest absolute Gasteiger partial charge is 0.264 e. The van der Waals surface area contributed by atoms with Gasteiger partial charge in [-0.1, -0.05) is 11.6 Å². The first-order valence-electron chi connectivity index (χ1n) is 5.53. The summed E-state index contributed by atoms with van der Waals surface area (Å²) in [5, 5.41) is 21.4. The molecule has 0 bridgehead atoms. The molecule has 0 saturated carbocycles. The van der Waals surface area contributed by atoms with Gasteiger partial charge in [-0.3, -0.25) is 9.40 Å². The lowest BCUT2D eigenvalue weighted by atomic mass is 10.2. The quantitative estimate of drug-likeness (QED) is 0.923. The number of rotatable bonds is 3. The maximum absolute atomic E-state index is 12.3. The summed E-state index contributed by atoms with van der Waals surface area (Å²) in [7, 11) is -2.44. The van der Waals surface area contributed by atoms with E-state index in [0.29, 0.717) is 0 Å². The number of nitrogens with zero attached hydrogens (tertiary/aromatic N) is 4. The summed E-state index contributed by atoms with van der Waals surface area (Å²) < 4.78 is 28.0. The summed E-state index contributed by atoms with van der Waals surface area (Å²) in [6, 6.07) is 7.50. The van der Waals surface area contributed by atoms with Crippen molar-refractivity contribution in [1.82, 2.24) is 9.78 Å². The zero-order chi connectivity index (χ0) is 15.6. The van der Waals surface area contributed by atoms with Crippen LogP contribution in [-0.4, -0.2) is 18.2 Å². The lowest BCUT2D eigenvalue weighted by Crippen LogP contribution is -2.14. The Labute approximate surface area is 126 Å². The molecule has 1 N–H and O–H groups in total. The third-order valence-electron chi connectivity index (χ3n) is 2.53. The van der Waals surface area contributed by atoms with Crippen LogP contribution >= 0.6 is 11.6 Å². The van der Waals surface area contributed by atoms with Gasteiger partial charge in [-0.05, 0) is 18.2 Å². The molecule has 7 nitrogen and oxygen atoms in total. The van der Waals surface area contributed by atoms with Crippen molar-refractivity contribution in [2.75, 3.05) is 4.72 Å². The molecule has 0 unspecified atom stereocenters. The first-order chi connectivity index (χ1) is 9.87. The molecule has 0 amide bonds. The minimum absolute atomic E-state index is 0.0829. The molecular formula is C12H8ClN5O2S. The number of aromatic nitrogens is 2. The Balaban J connectivity index is 2.44. The first-order valence-corrected chi connectivity index (χ1v) is 7.39. The predicted molar refractivity (Wildman–Crippen MR) is 74.9 cm³/mol. The number of benzene rings is 1. The Morgan fingerprint density at radius 1 is 1.33 bits per heavy atom. The van der Waals surface area contributed by atoms with Crippen LogP contribution in [0.25, 0.3) is 0 Å². The monoisotopic (exact) mass is 321 g/mol. The summed E-state index contributed by atoms with van der Waals surface area (Å²) in [6.07, 6.45) is 1.39. The molecule has 9 heteroatoms. The summed E-state index contributed by atoms with van der Waals surface area (Å²) in [6.45, 7) is 0. The number of hydrogen-bond donors (Lipinski definition) is 1. The van der Waals surface area contributed by atoms with Crippen LogP contribution in [0.15, 0.2) is 29.3 Å². The fourth-order valence-electron chi connectivity index (χ4n) is 1.62. The highest BCUT2D eigenvalue weighted by Gasteiger charge is 2.21. The van der Waals surface area contributed by atoms with Crippen molar-refractivity contribution < 1.29 is 8.42 Å². The van der Waals surface area contributed by atoms with Crippen molar-refractivity contribution in [2.45, 2.75) is 4.90 Å². The molecular weight excluding hydrogens is 314 g/mol. The van der Waals surface area contributed by atoms with Gasteiger partial charge in [-0.25, -0.2) is 8.42 Å². The fourth-order valence-corrected chi connectivity index (χ4v) is 3.18. The Kier molecular flexibility index (Phi) is 3.85. The van der Waals surface area contributed by atoms with Gasteiger partial charge < -0.3 is 0 Å². The summed E-state index contributed by atoms with van der Waals surface area (Å²) in [4.78, 5) is -0.197. The molecule has 106 valence electrons. The fraction of sp³-hybridized carbons (Fsp3) is 0.0833. The van der Waals surface area contributed by atoms with E-state index in [1.54, 1.807) is 7.05 Å². The van der Waals surface area contributed by atoms with E-state index in [0.717, 1.165) is 0 Å². The molecule has 0 saturated heterocycles. The highest BCUT2D eigenvalue weighted by atomic mass is 35.5. The Hall–Kier alpha value is -2.55. The topological polar surface area (TPSA) is 112 Å². The lowest BCUT2D eigenvalue weighted by molar-refractivity contribution is 0.601. The van der Waals surface area contributed by atoms with E-state index in [-0.39, 0.29) is 26.9 Å². The Morgan fingerprint density at radius 3 is 2.62 bits per heavy atom. The largest absolute Gasteiger partial charge is 0.272 e. The number of aryl methyl sites for hydroxylation is 1. The highest BCUT2D eigenvalue weighted by Crippen LogP contribution is 2.25. The van der Waals surface area contributed by atoms with Gasteiger partial charge in [0.25, 0.3) is 10.0 Å². The van der Waals surface area contributed by atoms with Crippen molar-refractivity contribution in [3.63, 3.8) is 0 Å². The number of nitrogens with one attached hydrogen (secondary N) is 1. The van der Waals surface area contributed by atoms with E-state index in [1.807, 2.05) is 12.1 Å². The molecule has 0 aliphatic rings. The van der Waals surface area contributed by atoms with Crippen LogP contribution < -0.4 is 4.72 Å². The number of anilines is 1. The zero-order valence-corrected chi connectivity index (χ0v) is 12.3. The van der Waals surface area contributed by atoms with Gasteiger partial charge in [0, 0.05) is 13.2 Å². The van der Waals surface area contributed by atoms with Crippen molar-refractivity contribution in [1.29, 1.82) is 10.5 Å². The molecule has 1 heterocycles. The van der Waals surface area contributed by atoms with Gasteiger partial charge in [-0.2, -0.15) is 15.6 Å². The predicted octanol–water partition coefficient (Wildman–Crippen LogP) is 1.62. The van der Waals surface area contributed by atoms with Gasteiger partial charge in [-0.15, -0.1) is 0 Å². The zero-order valence-electron chi connectivity index (χ0n) is 10.7. The number of nitriles is 2. The molecule has 0 fully saturated rings. The van der Waals surface area contributed by atoms with Crippen LogP contribution in [0, 0.1) is 22.7 Å². The summed E-state index contributed by atoms with van der Waals surface area (Å²) in [5.74, 6) is -0.0829. The molecule has 0 radical (unpaired) electrons. The van der Waals surface area contributed by atoms with E-state index < -0.39 is 10.0 Å². The van der Waals surface area contributed by atoms with Gasteiger partial charge in [0.05, 0.1) is 16.7 Å². The van der Waals surface area contributed by atoms with Crippen LogP contribution in [0.5, 0.6) is 0 Å². The molecule has 0 aliphatic heterocycles. The molecule has 2 rings (SSSR count). The maximum Gasteiger partial charge on any atom is 0.264 e. The van der Waals surface area contributed by atoms with Crippen LogP contribution in [-0.2, 0) is 17.1 Å². The number of hydrogen-bond acceptors (Lipinski definition) is 5. The third-order valence-corrected chi connectivity index (χ3v) is 4.35. The van der Waals surface area contributed by atoms with Crippen molar-refractivity contribution in [2.24, 2.45) is 7.05 Å². The molecule has 1 aromatic heterocycles. The molecule has 2 aromatic rings.